The number of ether oxygens (including phenoxy) is 1. The molecule has 1 aromatic carbocycles. The summed E-state index contributed by atoms with van der Waals surface area (Å²) in [7, 11) is 0. The maximum absolute atomic E-state index is 13.5. The van der Waals surface area contributed by atoms with Crippen LogP contribution in [-0.2, 0) is 16.0 Å². The van der Waals surface area contributed by atoms with Crippen molar-refractivity contribution >= 4 is 39.1 Å². The van der Waals surface area contributed by atoms with Crippen molar-refractivity contribution in [2.24, 2.45) is 0 Å². The van der Waals surface area contributed by atoms with Gasteiger partial charge in [0, 0.05) is 66.7 Å². The van der Waals surface area contributed by atoms with Gasteiger partial charge in [0.1, 0.15) is 4.83 Å². The number of urea groups is 1. The fourth-order valence-corrected chi connectivity index (χ4v) is 8.82. The number of likely N-dealkylation sites (tertiary alicyclic amines) is 1. The van der Waals surface area contributed by atoms with Crippen molar-refractivity contribution in [3.8, 4) is 11.3 Å². The Morgan fingerprint density at radius 2 is 1.70 bits per heavy atom. The van der Waals surface area contributed by atoms with Crippen LogP contribution in [0.5, 0.6) is 0 Å². The summed E-state index contributed by atoms with van der Waals surface area (Å²) in [5, 5.41) is 4.45. The van der Waals surface area contributed by atoms with Gasteiger partial charge in [0.15, 0.2) is 0 Å². The molecule has 3 aromatic rings. The first-order chi connectivity index (χ1) is 20.8. The zero-order valence-electron chi connectivity index (χ0n) is 25.4. The molecule has 0 aliphatic carbocycles. The maximum atomic E-state index is 13.5. The average molecular weight is 602 g/mol. The summed E-state index contributed by atoms with van der Waals surface area (Å²) < 4.78 is 5.39. The number of benzene rings is 1. The topological polar surface area (TPSA) is 80.9 Å². The molecule has 0 radical (unpaired) electrons. The first kappa shape index (κ1) is 28.6. The van der Waals surface area contributed by atoms with Crippen LogP contribution in [0.2, 0.25) is 0 Å². The molecule has 4 aliphatic heterocycles. The number of thiophene rings is 1. The quantitative estimate of drug-likeness (QED) is 0.359. The maximum Gasteiger partial charge on any atom is 0.317 e. The van der Waals surface area contributed by atoms with Crippen LogP contribution in [0, 0.1) is 13.8 Å². The van der Waals surface area contributed by atoms with Gasteiger partial charge >= 0.3 is 6.03 Å². The van der Waals surface area contributed by atoms with E-state index in [0.717, 1.165) is 67.9 Å². The molecule has 4 aliphatic rings. The predicted molar refractivity (Wildman–Crippen MR) is 172 cm³/mol. The molecule has 9 heteroatoms. The van der Waals surface area contributed by atoms with Gasteiger partial charge in [-0.25, -0.2) is 4.79 Å². The molecule has 43 heavy (non-hydrogen) atoms. The Morgan fingerprint density at radius 1 is 1.00 bits per heavy atom. The van der Waals surface area contributed by atoms with Crippen molar-refractivity contribution in [2.45, 2.75) is 70.5 Å². The van der Waals surface area contributed by atoms with Crippen molar-refractivity contribution in [3.05, 3.63) is 52.4 Å². The molecule has 0 spiro atoms. The van der Waals surface area contributed by atoms with Gasteiger partial charge in [-0.3, -0.25) is 4.79 Å². The standard InChI is InChI=1S/C34H43N5O3S/c1-21-16-22(2)18-24(17-21)31-28(9-11-37-10-8-25(20-37)35-34(41)38-12-14-42-15-13-38)29-19-30(43-32(29)36-31)23(3)33(40)39-26-4-5-27(39)7-6-26/h16-19,25-27,36H,3-15,20H2,1-2H3,(H,35,41). The predicted octanol–water partition coefficient (Wildman–Crippen LogP) is 5.34. The van der Waals surface area contributed by atoms with Gasteiger partial charge in [0.2, 0.25) is 0 Å². The highest BCUT2D eigenvalue weighted by Crippen LogP contribution is 2.42. The Hall–Kier alpha value is -3.14. The number of morpholine rings is 1. The van der Waals surface area contributed by atoms with Crippen LogP contribution in [0.3, 0.4) is 0 Å². The third-order valence-electron chi connectivity index (χ3n) is 9.93. The van der Waals surface area contributed by atoms with E-state index in [9.17, 15) is 9.59 Å². The van der Waals surface area contributed by atoms with Crippen LogP contribution >= 0.6 is 11.3 Å². The number of hydrogen-bond acceptors (Lipinski definition) is 5. The molecular formula is C34H43N5O3S. The molecule has 1 unspecified atom stereocenters. The summed E-state index contributed by atoms with van der Waals surface area (Å²) in [6.45, 7) is 13.9. The molecular weight excluding hydrogens is 558 g/mol. The third-order valence-corrected chi connectivity index (χ3v) is 11.0. The molecule has 2 aromatic heterocycles. The van der Waals surface area contributed by atoms with Gasteiger partial charge in [-0.1, -0.05) is 23.8 Å². The van der Waals surface area contributed by atoms with E-state index in [1.807, 2.05) is 4.90 Å². The third kappa shape index (κ3) is 5.63. The van der Waals surface area contributed by atoms with Gasteiger partial charge in [0.25, 0.3) is 5.91 Å². The van der Waals surface area contributed by atoms with Crippen molar-refractivity contribution < 1.29 is 14.3 Å². The number of nitrogens with one attached hydrogen (secondary N) is 2. The lowest BCUT2D eigenvalue weighted by molar-refractivity contribution is -0.126. The summed E-state index contributed by atoms with van der Waals surface area (Å²) in [6.07, 6.45) is 6.38. The van der Waals surface area contributed by atoms with Crippen LogP contribution in [0.15, 0.2) is 30.8 Å². The second-order valence-electron chi connectivity index (χ2n) is 12.9. The lowest BCUT2D eigenvalue weighted by Crippen LogP contribution is -2.49. The number of carbonyl (C=O) groups excluding carboxylic acids is 2. The lowest BCUT2D eigenvalue weighted by atomic mass is 9.99. The van der Waals surface area contributed by atoms with E-state index in [0.29, 0.717) is 44.0 Å². The average Bonchev–Trinajstić information content (AvgIpc) is 3.83. The molecule has 228 valence electrons. The highest BCUT2D eigenvalue weighted by Gasteiger charge is 2.43. The van der Waals surface area contributed by atoms with Crippen LogP contribution in [0.4, 0.5) is 4.79 Å². The van der Waals surface area contributed by atoms with Gasteiger partial charge in [-0.15, -0.1) is 11.3 Å². The van der Waals surface area contributed by atoms with Crippen molar-refractivity contribution in [1.29, 1.82) is 0 Å². The second-order valence-corrected chi connectivity index (χ2v) is 14.0. The normalized spacial score (nSPS) is 23.9. The Balaban J connectivity index is 1.10. The zero-order valence-corrected chi connectivity index (χ0v) is 26.2. The minimum atomic E-state index is 0.0297. The fraction of sp³-hybridized carbons (Fsp3) is 0.529. The first-order valence-electron chi connectivity index (χ1n) is 15.9. The van der Waals surface area contributed by atoms with Crippen LogP contribution in [-0.4, -0.2) is 95.7 Å². The van der Waals surface area contributed by atoms with Crippen molar-refractivity contribution in [3.63, 3.8) is 0 Å². The van der Waals surface area contributed by atoms with Crippen LogP contribution in [0.1, 0.15) is 53.7 Å². The van der Waals surface area contributed by atoms with E-state index in [-0.39, 0.29) is 18.0 Å². The molecule has 0 saturated carbocycles. The summed E-state index contributed by atoms with van der Waals surface area (Å²) in [5.74, 6) is 0.118. The first-order valence-corrected chi connectivity index (χ1v) is 16.8. The largest absolute Gasteiger partial charge is 0.378 e. The number of hydrogen-bond donors (Lipinski definition) is 2. The summed E-state index contributed by atoms with van der Waals surface area (Å²) in [4.78, 5) is 38.6. The number of aromatic amines is 1. The number of rotatable bonds is 7. The SMILES string of the molecule is C=C(C(=O)N1C2CCC1CC2)c1cc2c(CCN3CCC(NC(=O)N4CCOCC4)C3)c(-c3cc(C)cc(C)c3)[nH]c2s1. The summed E-state index contributed by atoms with van der Waals surface area (Å²) in [6, 6.07) is 9.92. The molecule has 1 atom stereocenters. The minimum Gasteiger partial charge on any atom is -0.378 e. The smallest absolute Gasteiger partial charge is 0.317 e. The Kier molecular flexibility index (Phi) is 7.82. The lowest BCUT2D eigenvalue weighted by Gasteiger charge is -2.28. The molecule has 2 N–H and O–H groups in total. The molecule has 3 amide bonds. The van der Waals surface area contributed by atoms with Gasteiger partial charge in [0.05, 0.1) is 18.9 Å². The summed E-state index contributed by atoms with van der Waals surface area (Å²) in [5.41, 5.74) is 6.80. The van der Waals surface area contributed by atoms with Crippen molar-refractivity contribution in [2.75, 3.05) is 45.9 Å². The molecule has 7 rings (SSSR count). The van der Waals surface area contributed by atoms with E-state index < -0.39 is 0 Å². The molecule has 4 fully saturated rings. The van der Waals surface area contributed by atoms with Crippen LogP contribution in [0.25, 0.3) is 27.0 Å². The van der Waals surface area contributed by atoms with Crippen LogP contribution < -0.4 is 5.32 Å². The number of carbonyl (C=O) groups is 2. The van der Waals surface area contributed by atoms with E-state index in [2.05, 4.69) is 64.8 Å². The minimum absolute atomic E-state index is 0.0297. The Morgan fingerprint density at radius 3 is 2.40 bits per heavy atom. The highest BCUT2D eigenvalue weighted by atomic mass is 32.1. The fourth-order valence-electron chi connectivity index (χ4n) is 7.77. The van der Waals surface area contributed by atoms with Crippen molar-refractivity contribution in [1.82, 2.24) is 25.0 Å². The zero-order chi connectivity index (χ0) is 29.7. The molecule has 4 saturated heterocycles. The highest BCUT2D eigenvalue weighted by molar-refractivity contribution is 7.20. The van der Waals surface area contributed by atoms with E-state index in [4.69, 9.17) is 4.74 Å². The second kappa shape index (κ2) is 11.7. The van der Waals surface area contributed by atoms with E-state index in [1.54, 1.807) is 11.3 Å². The Bertz CT molecular complexity index is 1510. The van der Waals surface area contributed by atoms with E-state index >= 15 is 0 Å². The number of aryl methyl sites for hydroxylation is 2. The Labute approximate surface area is 258 Å². The summed E-state index contributed by atoms with van der Waals surface area (Å²) >= 11 is 1.66. The van der Waals surface area contributed by atoms with Gasteiger partial charge in [-0.2, -0.15) is 0 Å². The van der Waals surface area contributed by atoms with Gasteiger partial charge in [-0.05, 0) is 81.7 Å². The number of amides is 3. The molecule has 6 heterocycles. The number of nitrogens with zero attached hydrogens (tertiary/aromatic N) is 3. The number of aromatic nitrogens is 1. The molecule has 8 nitrogen and oxygen atoms in total. The molecule has 2 bridgehead atoms. The van der Waals surface area contributed by atoms with E-state index in [1.165, 1.54) is 33.3 Å². The van der Waals surface area contributed by atoms with Gasteiger partial charge < -0.3 is 29.7 Å². The number of H-pyrrole nitrogens is 1. The monoisotopic (exact) mass is 601 g/mol. The number of fused-ring (bicyclic) bond motifs is 3.